The van der Waals surface area contributed by atoms with E-state index in [9.17, 15) is 9.90 Å². The highest BCUT2D eigenvalue weighted by molar-refractivity contribution is 9.10. The molecule has 2 rings (SSSR count). The molecule has 1 N–H and O–H groups in total. The number of hydrogen-bond acceptors (Lipinski definition) is 2. The molecule has 1 aliphatic rings. The third-order valence-electron chi connectivity index (χ3n) is 4.33. The molecule has 20 heavy (non-hydrogen) atoms. The highest BCUT2D eigenvalue weighted by Gasteiger charge is 2.40. The second-order valence-corrected chi connectivity index (χ2v) is 6.74. The van der Waals surface area contributed by atoms with Crippen molar-refractivity contribution in [2.75, 3.05) is 6.61 Å². The molecule has 1 aromatic rings. The van der Waals surface area contributed by atoms with Crippen LogP contribution in [0.5, 0.6) is 5.75 Å². The van der Waals surface area contributed by atoms with Crippen LogP contribution in [0.4, 0.5) is 0 Å². The second kappa shape index (κ2) is 6.61. The molecular formula is C16H21BrO3. The fourth-order valence-corrected chi connectivity index (χ4v) is 3.18. The van der Waals surface area contributed by atoms with Crippen molar-refractivity contribution in [1.29, 1.82) is 0 Å². The van der Waals surface area contributed by atoms with Gasteiger partial charge in [0.15, 0.2) is 0 Å². The molecule has 0 aliphatic heterocycles. The number of carbonyl (C=O) groups is 1. The molecule has 1 aliphatic carbocycles. The van der Waals surface area contributed by atoms with Crippen molar-refractivity contribution in [2.45, 2.75) is 39.0 Å². The van der Waals surface area contributed by atoms with Gasteiger partial charge in [-0.15, -0.1) is 0 Å². The zero-order chi connectivity index (χ0) is 14.6. The van der Waals surface area contributed by atoms with E-state index in [0.29, 0.717) is 18.9 Å². The number of carboxylic acids is 1. The topological polar surface area (TPSA) is 46.5 Å². The Balaban J connectivity index is 1.91. The van der Waals surface area contributed by atoms with E-state index < -0.39 is 11.4 Å². The first-order valence-electron chi connectivity index (χ1n) is 7.14. The summed E-state index contributed by atoms with van der Waals surface area (Å²) in [6, 6.07) is 7.64. The standard InChI is InChI=1S/C16H21BrO3/c1-12-5-7-16(8-6-12,15(18)19)9-10-20-14-4-2-3-13(17)11-14/h2-4,11-12H,5-10H2,1H3,(H,18,19). The summed E-state index contributed by atoms with van der Waals surface area (Å²) in [7, 11) is 0. The Hall–Kier alpha value is -1.03. The third kappa shape index (κ3) is 3.75. The van der Waals surface area contributed by atoms with Crippen molar-refractivity contribution in [3.05, 3.63) is 28.7 Å². The minimum Gasteiger partial charge on any atom is -0.494 e. The lowest BCUT2D eigenvalue weighted by atomic mass is 9.69. The first-order chi connectivity index (χ1) is 9.52. The summed E-state index contributed by atoms with van der Waals surface area (Å²) in [5.74, 6) is 0.764. The number of aliphatic carboxylic acids is 1. The Bertz CT molecular complexity index is 465. The number of benzene rings is 1. The Kier molecular flexibility index (Phi) is 5.08. The smallest absolute Gasteiger partial charge is 0.309 e. The Labute approximate surface area is 128 Å². The average molecular weight is 341 g/mol. The number of rotatable bonds is 5. The largest absolute Gasteiger partial charge is 0.494 e. The number of halogens is 1. The van der Waals surface area contributed by atoms with E-state index in [0.717, 1.165) is 35.9 Å². The molecule has 0 aromatic heterocycles. The fraction of sp³-hybridized carbons (Fsp3) is 0.562. The molecule has 0 atom stereocenters. The zero-order valence-electron chi connectivity index (χ0n) is 11.8. The zero-order valence-corrected chi connectivity index (χ0v) is 13.4. The van der Waals surface area contributed by atoms with Gasteiger partial charge in [0.25, 0.3) is 0 Å². The lowest BCUT2D eigenvalue weighted by Crippen LogP contribution is -2.36. The van der Waals surface area contributed by atoms with E-state index >= 15 is 0 Å². The number of hydrogen-bond donors (Lipinski definition) is 1. The van der Waals surface area contributed by atoms with Gasteiger partial charge in [-0.2, -0.15) is 0 Å². The first kappa shape index (κ1) is 15.4. The second-order valence-electron chi connectivity index (χ2n) is 5.82. The maximum absolute atomic E-state index is 11.6. The van der Waals surface area contributed by atoms with Gasteiger partial charge in [-0.05, 0) is 56.2 Å². The molecule has 0 bridgehead atoms. The van der Waals surface area contributed by atoms with Crippen LogP contribution in [-0.4, -0.2) is 17.7 Å². The van der Waals surface area contributed by atoms with E-state index in [1.165, 1.54) is 0 Å². The van der Waals surface area contributed by atoms with Gasteiger partial charge in [0.05, 0.1) is 12.0 Å². The van der Waals surface area contributed by atoms with Crippen molar-refractivity contribution in [1.82, 2.24) is 0 Å². The summed E-state index contributed by atoms with van der Waals surface area (Å²) >= 11 is 3.40. The van der Waals surface area contributed by atoms with Gasteiger partial charge in [-0.25, -0.2) is 0 Å². The van der Waals surface area contributed by atoms with Crippen LogP contribution in [0.1, 0.15) is 39.0 Å². The maximum Gasteiger partial charge on any atom is 0.309 e. The molecule has 0 amide bonds. The molecule has 0 unspecified atom stereocenters. The number of carboxylic acid groups (broad SMARTS) is 1. The van der Waals surface area contributed by atoms with Gasteiger partial charge in [-0.1, -0.05) is 28.9 Å². The van der Waals surface area contributed by atoms with Crippen LogP contribution in [0.2, 0.25) is 0 Å². The van der Waals surface area contributed by atoms with Crippen LogP contribution >= 0.6 is 15.9 Å². The van der Waals surface area contributed by atoms with Gasteiger partial charge in [0.2, 0.25) is 0 Å². The van der Waals surface area contributed by atoms with Crippen LogP contribution in [0.25, 0.3) is 0 Å². The predicted octanol–water partition coefficient (Wildman–Crippen LogP) is 4.50. The highest BCUT2D eigenvalue weighted by Crippen LogP contribution is 2.41. The summed E-state index contributed by atoms with van der Waals surface area (Å²) in [5.41, 5.74) is -0.585. The van der Waals surface area contributed by atoms with E-state index in [4.69, 9.17) is 4.74 Å². The minimum absolute atomic E-state index is 0.455. The molecule has 3 nitrogen and oxygen atoms in total. The molecule has 0 saturated heterocycles. The minimum atomic E-state index is -0.665. The van der Waals surface area contributed by atoms with Crippen LogP contribution < -0.4 is 4.74 Å². The first-order valence-corrected chi connectivity index (χ1v) is 7.93. The molecular weight excluding hydrogens is 320 g/mol. The Morgan fingerprint density at radius 1 is 1.45 bits per heavy atom. The summed E-state index contributed by atoms with van der Waals surface area (Å²) in [6.07, 6.45) is 4.13. The molecule has 0 heterocycles. The summed E-state index contributed by atoms with van der Waals surface area (Å²) in [5, 5.41) is 9.55. The van der Waals surface area contributed by atoms with Crippen LogP contribution in [0.15, 0.2) is 28.7 Å². The summed E-state index contributed by atoms with van der Waals surface area (Å²) in [6.45, 7) is 2.65. The maximum atomic E-state index is 11.6. The van der Waals surface area contributed by atoms with E-state index in [2.05, 4.69) is 22.9 Å². The van der Waals surface area contributed by atoms with Crippen molar-refractivity contribution in [3.8, 4) is 5.75 Å². The molecule has 1 saturated carbocycles. The van der Waals surface area contributed by atoms with E-state index in [1.54, 1.807) is 0 Å². The number of ether oxygens (including phenoxy) is 1. The molecule has 110 valence electrons. The normalized spacial score (nSPS) is 26.2. The fourth-order valence-electron chi connectivity index (χ4n) is 2.81. The van der Waals surface area contributed by atoms with Crippen molar-refractivity contribution in [2.24, 2.45) is 11.3 Å². The van der Waals surface area contributed by atoms with Gasteiger partial charge in [0, 0.05) is 4.47 Å². The molecule has 1 aromatic carbocycles. The average Bonchev–Trinajstić information content (AvgIpc) is 2.41. The van der Waals surface area contributed by atoms with Crippen LogP contribution in [0, 0.1) is 11.3 Å². The third-order valence-corrected chi connectivity index (χ3v) is 4.82. The van der Waals surface area contributed by atoms with E-state index in [1.807, 2.05) is 24.3 Å². The van der Waals surface area contributed by atoms with Gasteiger partial charge in [-0.3, -0.25) is 4.79 Å². The molecule has 0 radical (unpaired) electrons. The van der Waals surface area contributed by atoms with Gasteiger partial charge in [0.1, 0.15) is 5.75 Å². The SMILES string of the molecule is CC1CCC(CCOc2cccc(Br)c2)(C(=O)O)CC1. The van der Waals surface area contributed by atoms with Crippen LogP contribution in [0.3, 0.4) is 0 Å². The lowest BCUT2D eigenvalue weighted by molar-refractivity contribution is -0.152. The Morgan fingerprint density at radius 2 is 2.15 bits per heavy atom. The molecule has 1 fully saturated rings. The summed E-state index contributed by atoms with van der Waals surface area (Å²) < 4.78 is 6.67. The molecule has 0 spiro atoms. The summed E-state index contributed by atoms with van der Waals surface area (Å²) in [4.78, 5) is 11.6. The highest BCUT2D eigenvalue weighted by atomic mass is 79.9. The van der Waals surface area contributed by atoms with Gasteiger partial charge >= 0.3 is 5.97 Å². The van der Waals surface area contributed by atoms with E-state index in [-0.39, 0.29) is 0 Å². The van der Waals surface area contributed by atoms with Crippen molar-refractivity contribution < 1.29 is 14.6 Å². The monoisotopic (exact) mass is 340 g/mol. The van der Waals surface area contributed by atoms with Gasteiger partial charge < -0.3 is 9.84 Å². The van der Waals surface area contributed by atoms with Crippen molar-refractivity contribution in [3.63, 3.8) is 0 Å². The predicted molar refractivity (Wildman–Crippen MR) is 82.0 cm³/mol. The quantitative estimate of drug-likeness (QED) is 0.858. The van der Waals surface area contributed by atoms with Crippen molar-refractivity contribution >= 4 is 21.9 Å². The Morgan fingerprint density at radius 3 is 2.75 bits per heavy atom. The lowest BCUT2D eigenvalue weighted by Gasteiger charge is -2.35. The molecule has 4 heteroatoms. The van der Waals surface area contributed by atoms with Crippen LogP contribution in [-0.2, 0) is 4.79 Å².